The summed E-state index contributed by atoms with van der Waals surface area (Å²) in [7, 11) is 1.84. The molecule has 2 saturated carbocycles. The van der Waals surface area contributed by atoms with Crippen LogP contribution in [0.5, 0.6) is 0 Å². The van der Waals surface area contributed by atoms with E-state index in [2.05, 4.69) is 33.0 Å². The van der Waals surface area contributed by atoms with Crippen LogP contribution < -0.4 is 5.32 Å². The summed E-state index contributed by atoms with van der Waals surface area (Å²) in [6.45, 7) is 9.96. The molecular weight excluding hydrogens is 238 g/mol. The SMILES string of the molecule is COC1CCCC1NC1CC(OCC(C)C)C1(C)C. The Balaban J connectivity index is 1.80. The Kier molecular flexibility index (Phi) is 4.91. The maximum Gasteiger partial charge on any atom is 0.0724 e. The van der Waals surface area contributed by atoms with Crippen LogP contribution in [0.4, 0.5) is 0 Å². The highest BCUT2D eigenvalue weighted by molar-refractivity contribution is 5.05. The molecule has 2 rings (SSSR count). The molecule has 0 aromatic carbocycles. The van der Waals surface area contributed by atoms with Gasteiger partial charge in [0.15, 0.2) is 0 Å². The molecule has 19 heavy (non-hydrogen) atoms. The van der Waals surface area contributed by atoms with Crippen molar-refractivity contribution in [2.24, 2.45) is 11.3 Å². The third-order valence-electron chi connectivity index (χ3n) is 4.98. The largest absolute Gasteiger partial charge is 0.380 e. The normalized spacial score (nSPS) is 37.6. The average Bonchev–Trinajstić information content (AvgIpc) is 2.79. The van der Waals surface area contributed by atoms with Crippen LogP contribution in [0.25, 0.3) is 0 Å². The van der Waals surface area contributed by atoms with Gasteiger partial charge in [-0.2, -0.15) is 0 Å². The summed E-state index contributed by atoms with van der Waals surface area (Å²) in [4.78, 5) is 0. The monoisotopic (exact) mass is 269 g/mol. The molecule has 0 bridgehead atoms. The van der Waals surface area contributed by atoms with Gasteiger partial charge >= 0.3 is 0 Å². The van der Waals surface area contributed by atoms with Gasteiger partial charge in [-0.1, -0.05) is 27.7 Å². The van der Waals surface area contributed by atoms with Gasteiger partial charge in [0.1, 0.15) is 0 Å². The number of methoxy groups -OCH3 is 1. The minimum Gasteiger partial charge on any atom is -0.380 e. The van der Waals surface area contributed by atoms with Crippen molar-refractivity contribution in [1.29, 1.82) is 0 Å². The van der Waals surface area contributed by atoms with Crippen molar-refractivity contribution in [3.05, 3.63) is 0 Å². The summed E-state index contributed by atoms with van der Waals surface area (Å²) in [6, 6.07) is 1.12. The van der Waals surface area contributed by atoms with Crippen molar-refractivity contribution in [2.45, 2.75) is 77.7 Å². The van der Waals surface area contributed by atoms with Crippen molar-refractivity contribution in [1.82, 2.24) is 5.32 Å². The number of rotatable bonds is 6. The lowest BCUT2D eigenvalue weighted by molar-refractivity contribution is -0.128. The Hall–Kier alpha value is -0.120. The van der Waals surface area contributed by atoms with E-state index in [1.807, 2.05) is 7.11 Å². The van der Waals surface area contributed by atoms with E-state index < -0.39 is 0 Å². The first kappa shape index (κ1) is 15.3. The molecule has 112 valence electrons. The molecule has 1 N–H and O–H groups in total. The fourth-order valence-corrected chi connectivity index (χ4v) is 3.42. The van der Waals surface area contributed by atoms with Gasteiger partial charge in [-0.05, 0) is 31.6 Å². The van der Waals surface area contributed by atoms with Gasteiger partial charge in [0, 0.05) is 31.2 Å². The van der Waals surface area contributed by atoms with Crippen molar-refractivity contribution in [2.75, 3.05) is 13.7 Å². The molecule has 2 fully saturated rings. The standard InChI is InChI=1S/C16H31NO2/c1-11(2)10-19-15-9-14(16(15,3)4)17-12-7-6-8-13(12)18-5/h11-15,17H,6-10H2,1-5H3. The first-order valence-electron chi connectivity index (χ1n) is 7.85. The lowest BCUT2D eigenvalue weighted by Crippen LogP contribution is -2.63. The predicted molar refractivity (Wildman–Crippen MR) is 78.3 cm³/mol. The van der Waals surface area contributed by atoms with Crippen LogP contribution in [-0.2, 0) is 9.47 Å². The second-order valence-electron chi connectivity index (χ2n) is 7.30. The quantitative estimate of drug-likeness (QED) is 0.804. The van der Waals surface area contributed by atoms with Crippen LogP contribution in [0.2, 0.25) is 0 Å². The number of hydrogen-bond donors (Lipinski definition) is 1. The highest BCUT2D eigenvalue weighted by atomic mass is 16.5. The van der Waals surface area contributed by atoms with Crippen LogP contribution in [0.15, 0.2) is 0 Å². The zero-order valence-electron chi connectivity index (χ0n) is 13.2. The van der Waals surface area contributed by atoms with E-state index in [-0.39, 0.29) is 5.41 Å². The van der Waals surface area contributed by atoms with Crippen LogP contribution in [0.3, 0.4) is 0 Å². The molecule has 0 spiro atoms. The fourth-order valence-electron chi connectivity index (χ4n) is 3.42. The van der Waals surface area contributed by atoms with E-state index in [1.165, 1.54) is 19.3 Å². The summed E-state index contributed by atoms with van der Waals surface area (Å²) in [5.74, 6) is 0.621. The zero-order valence-corrected chi connectivity index (χ0v) is 13.2. The molecule has 0 aromatic heterocycles. The van der Waals surface area contributed by atoms with Crippen molar-refractivity contribution in [3.63, 3.8) is 0 Å². The molecule has 0 saturated heterocycles. The summed E-state index contributed by atoms with van der Waals surface area (Å²) >= 11 is 0. The van der Waals surface area contributed by atoms with Gasteiger partial charge in [0.05, 0.1) is 12.2 Å². The maximum absolute atomic E-state index is 6.03. The number of hydrogen-bond acceptors (Lipinski definition) is 3. The number of nitrogens with one attached hydrogen (secondary N) is 1. The molecular formula is C16H31NO2. The predicted octanol–water partition coefficient (Wildman–Crippen LogP) is 2.98. The highest BCUT2D eigenvalue weighted by Gasteiger charge is 2.50. The second-order valence-corrected chi connectivity index (χ2v) is 7.30. The Labute approximate surface area is 118 Å². The van der Waals surface area contributed by atoms with Gasteiger partial charge in [-0.15, -0.1) is 0 Å². The van der Waals surface area contributed by atoms with Crippen molar-refractivity contribution >= 4 is 0 Å². The molecule has 0 aliphatic heterocycles. The minimum absolute atomic E-state index is 0.246. The highest BCUT2D eigenvalue weighted by Crippen LogP contribution is 2.43. The van der Waals surface area contributed by atoms with Crippen LogP contribution in [0.1, 0.15) is 53.4 Å². The molecule has 4 unspecified atom stereocenters. The summed E-state index contributed by atoms with van der Waals surface area (Å²) in [5.41, 5.74) is 0.246. The Bertz CT molecular complexity index is 290. The zero-order chi connectivity index (χ0) is 14.0. The third kappa shape index (κ3) is 3.32. The van der Waals surface area contributed by atoms with E-state index in [0.717, 1.165) is 13.0 Å². The van der Waals surface area contributed by atoms with Gasteiger partial charge < -0.3 is 14.8 Å². The average molecular weight is 269 g/mol. The van der Waals surface area contributed by atoms with Crippen LogP contribution >= 0.6 is 0 Å². The molecule has 4 atom stereocenters. The molecule has 2 aliphatic carbocycles. The molecule has 0 aromatic rings. The Morgan fingerprint density at radius 3 is 2.58 bits per heavy atom. The van der Waals surface area contributed by atoms with E-state index >= 15 is 0 Å². The fraction of sp³-hybridized carbons (Fsp3) is 1.00. The molecule has 2 aliphatic rings. The van der Waals surface area contributed by atoms with Crippen LogP contribution in [-0.4, -0.2) is 38.0 Å². The molecule has 3 heteroatoms. The Morgan fingerprint density at radius 1 is 1.26 bits per heavy atom. The minimum atomic E-state index is 0.246. The van der Waals surface area contributed by atoms with E-state index in [0.29, 0.717) is 30.2 Å². The van der Waals surface area contributed by atoms with Crippen molar-refractivity contribution < 1.29 is 9.47 Å². The van der Waals surface area contributed by atoms with Gasteiger partial charge in [-0.3, -0.25) is 0 Å². The van der Waals surface area contributed by atoms with Gasteiger partial charge in [0.25, 0.3) is 0 Å². The first-order valence-corrected chi connectivity index (χ1v) is 7.85. The van der Waals surface area contributed by atoms with Crippen molar-refractivity contribution in [3.8, 4) is 0 Å². The summed E-state index contributed by atoms with van der Waals surface area (Å²) in [5, 5.41) is 3.82. The second kappa shape index (κ2) is 6.11. The Morgan fingerprint density at radius 2 is 2.00 bits per heavy atom. The lowest BCUT2D eigenvalue weighted by atomic mass is 9.64. The topological polar surface area (TPSA) is 30.5 Å². The molecule has 0 radical (unpaired) electrons. The first-order chi connectivity index (χ1) is 8.95. The number of ether oxygens (including phenoxy) is 2. The van der Waals surface area contributed by atoms with E-state index in [9.17, 15) is 0 Å². The third-order valence-corrected chi connectivity index (χ3v) is 4.98. The summed E-state index contributed by atoms with van der Waals surface area (Å²) in [6.07, 6.45) is 5.71. The van der Waals surface area contributed by atoms with Gasteiger partial charge in [0.2, 0.25) is 0 Å². The molecule has 0 heterocycles. The molecule has 0 amide bonds. The summed E-state index contributed by atoms with van der Waals surface area (Å²) < 4.78 is 11.6. The maximum atomic E-state index is 6.03. The van der Waals surface area contributed by atoms with Gasteiger partial charge in [-0.25, -0.2) is 0 Å². The molecule has 3 nitrogen and oxygen atoms in total. The van der Waals surface area contributed by atoms with Crippen LogP contribution in [0, 0.1) is 11.3 Å². The van der Waals surface area contributed by atoms with E-state index in [4.69, 9.17) is 9.47 Å². The van der Waals surface area contributed by atoms with E-state index in [1.54, 1.807) is 0 Å². The smallest absolute Gasteiger partial charge is 0.0724 e. The lowest BCUT2D eigenvalue weighted by Gasteiger charge is -2.53.